The van der Waals surface area contributed by atoms with E-state index < -0.39 is 18.3 Å². The van der Waals surface area contributed by atoms with Gasteiger partial charge in [0, 0.05) is 72.5 Å². The Morgan fingerprint density at radius 3 is 2.06 bits per heavy atom. The molecule has 5 heterocycles. The van der Waals surface area contributed by atoms with Crippen LogP contribution in [0.25, 0.3) is 104 Å². The van der Waals surface area contributed by atoms with E-state index in [-0.39, 0.29) is 46.1 Å². The maximum atomic E-state index is 9.14. The van der Waals surface area contributed by atoms with Crippen molar-refractivity contribution in [2.24, 2.45) is 0 Å². The fourth-order valence-corrected chi connectivity index (χ4v) is 8.31. The first kappa shape index (κ1) is 21.9. The van der Waals surface area contributed by atoms with Gasteiger partial charge in [-0.3, -0.25) is 4.98 Å². The minimum absolute atomic E-state index is 0.0896. The number of nitrogens with zero attached hydrogens (tertiary/aromatic N) is 4. The lowest BCUT2D eigenvalue weighted by Gasteiger charge is -2.10. The standard InChI is InChI=1S/C47H28N4O/c1-2-10-29(11-3-1)51-40-16-8-4-12-32(40)35-20-22-43-46(47(35)51)37-27-30(49-39-15-7-5-13-33(39)38-28-48-25-24-42(38)49)18-21-41(37)50(43)31-19-23-45-36(26-31)34-14-6-9-17-44(34)52-45/h1-28H/i5D,7D,13D,15D,24D,25D,28D. The van der Waals surface area contributed by atoms with E-state index in [4.69, 9.17) is 14.0 Å². The topological polar surface area (TPSA) is 40.8 Å². The van der Waals surface area contributed by atoms with Crippen molar-refractivity contribution in [3.8, 4) is 17.1 Å². The molecule has 5 aromatic heterocycles. The van der Waals surface area contributed by atoms with E-state index in [2.05, 4.69) is 68.7 Å². The van der Waals surface area contributed by atoms with Crippen LogP contribution < -0.4 is 0 Å². The predicted molar refractivity (Wildman–Crippen MR) is 215 cm³/mol. The van der Waals surface area contributed by atoms with E-state index in [1.54, 1.807) is 4.57 Å². The maximum absolute atomic E-state index is 9.14. The van der Waals surface area contributed by atoms with Gasteiger partial charge in [0.15, 0.2) is 0 Å². The summed E-state index contributed by atoms with van der Waals surface area (Å²) in [5.74, 6) is 0. The molecule has 5 nitrogen and oxygen atoms in total. The second kappa shape index (κ2) is 10.2. The minimum Gasteiger partial charge on any atom is -0.456 e. The van der Waals surface area contributed by atoms with Crippen LogP contribution in [0, 0.1) is 0 Å². The van der Waals surface area contributed by atoms with Crippen molar-refractivity contribution in [1.82, 2.24) is 18.7 Å². The van der Waals surface area contributed by atoms with Gasteiger partial charge in [-0.05, 0) is 78.8 Å². The molecule has 0 N–H and O–H groups in total. The van der Waals surface area contributed by atoms with Gasteiger partial charge in [-0.1, -0.05) is 78.8 Å². The van der Waals surface area contributed by atoms with E-state index in [1.165, 1.54) is 0 Å². The molecule has 0 amide bonds. The molecule has 0 atom stereocenters. The summed E-state index contributed by atoms with van der Waals surface area (Å²) in [6, 6.07) is 41.2. The number of para-hydroxylation sites is 4. The number of fused-ring (bicyclic) bond motifs is 13. The molecule has 0 fully saturated rings. The second-order valence-corrected chi connectivity index (χ2v) is 13.1. The largest absolute Gasteiger partial charge is 0.456 e. The molecular weight excluding hydrogens is 637 g/mol. The van der Waals surface area contributed by atoms with E-state index >= 15 is 0 Å². The van der Waals surface area contributed by atoms with Gasteiger partial charge in [0.05, 0.1) is 42.7 Å². The van der Waals surface area contributed by atoms with Crippen LogP contribution in [0.15, 0.2) is 174 Å². The Balaban J connectivity index is 1.29. The molecule has 5 heteroatoms. The lowest BCUT2D eigenvalue weighted by Crippen LogP contribution is -1.96. The molecule has 0 unspecified atom stereocenters. The monoisotopic (exact) mass is 671 g/mol. The van der Waals surface area contributed by atoms with Crippen molar-refractivity contribution in [3.05, 3.63) is 170 Å². The third-order valence-electron chi connectivity index (χ3n) is 10.4. The van der Waals surface area contributed by atoms with E-state index in [0.29, 0.717) is 5.69 Å². The highest BCUT2D eigenvalue weighted by atomic mass is 16.3. The number of hydrogen-bond donors (Lipinski definition) is 0. The molecule has 7 aromatic carbocycles. The Hall–Kier alpha value is -7.11. The van der Waals surface area contributed by atoms with Crippen molar-refractivity contribution >= 4 is 87.4 Å². The number of aromatic nitrogens is 4. The summed E-state index contributed by atoms with van der Waals surface area (Å²) >= 11 is 0. The first-order chi connectivity index (χ1) is 28.7. The van der Waals surface area contributed by atoms with Crippen molar-refractivity contribution in [3.63, 3.8) is 0 Å². The summed E-state index contributed by atoms with van der Waals surface area (Å²) in [5, 5.41) is 6.14. The third kappa shape index (κ3) is 3.64. The van der Waals surface area contributed by atoms with Crippen LogP contribution in [0.1, 0.15) is 9.60 Å². The van der Waals surface area contributed by atoms with Crippen molar-refractivity contribution in [2.45, 2.75) is 0 Å². The molecule has 12 rings (SSSR count). The van der Waals surface area contributed by atoms with Crippen molar-refractivity contribution in [1.29, 1.82) is 0 Å². The highest BCUT2D eigenvalue weighted by Gasteiger charge is 2.22. The molecule has 0 saturated carbocycles. The molecule has 0 saturated heterocycles. The minimum atomic E-state index is -0.445. The van der Waals surface area contributed by atoms with Gasteiger partial charge in [0.1, 0.15) is 11.2 Å². The summed E-state index contributed by atoms with van der Waals surface area (Å²) in [5.41, 5.74) is 8.10. The summed E-state index contributed by atoms with van der Waals surface area (Å²) < 4.78 is 74.1. The van der Waals surface area contributed by atoms with E-state index in [0.717, 1.165) is 76.9 Å². The summed E-state index contributed by atoms with van der Waals surface area (Å²) in [6.07, 6.45) is -0.751. The summed E-state index contributed by atoms with van der Waals surface area (Å²) in [4.78, 5) is 4.01. The van der Waals surface area contributed by atoms with E-state index in [9.17, 15) is 0 Å². The Morgan fingerprint density at radius 1 is 0.442 bits per heavy atom. The zero-order valence-corrected chi connectivity index (χ0v) is 27.3. The molecule has 0 bridgehead atoms. The Labute approximate surface area is 306 Å². The quantitative estimate of drug-likeness (QED) is 0.188. The summed E-state index contributed by atoms with van der Waals surface area (Å²) in [6.45, 7) is 0. The number of benzene rings is 7. The van der Waals surface area contributed by atoms with Crippen LogP contribution in [0.5, 0.6) is 0 Å². The van der Waals surface area contributed by atoms with Crippen LogP contribution in [-0.4, -0.2) is 18.7 Å². The van der Waals surface area contributed by atoms with Crippen LogP contribution in [0.3, 0.4) is 0 Å². The Morgan fingerprint density at radius 2 is 1.13 bits per heavy atom. The van der Waals surface area contributed by atoms with Crippen molar-refractivity contribution in [2.75, 3.05) is 0 Å². The number of rotatable bonds is 3. The molecule has 0 radical (unpaired) electrons. The van der Waals surface area contributed by atoms with Gasteiger partial charge in [-0.2, -0.15) is 0 Å². The molecule has 0 aliphatic rings. The highest BCUT2D eigenvalue weighted by Crippen LogP contribution is 2.44. The lowest BCUT2D eigenvalue weighted by molar-refractivity contribution is 0.669. The normalized spacial score (nSPS) is 14.1. The molecule has 242 valence electrons. The average Bonchev–Trinajstić information content (AvgIpc) is 4.00. The molecule has 0 aliphatic heterocycles. The smallest absolute Gasteiger partial charge is 0.135 e. The second-order valence-electron chi connectivity index (χ2n) is 13.1. The Bertz CT molecular complexity index is 3820. The van der Waals surface area contributed by atoms with Crippen LogP contribution in [0.2, 0.25) is 0 Å². The van der Waals surface area contributed by atoms with Crippen LogP contribution in [0.4, 0.5) is 0 Å². The first-order valence-electron chi connectivity index (χ1n) is 20.6. The maximum Gasteiger partial charge on any atom is 0.135 e. The molecule has 0 aliphatic carbocycles. The number of pyridine rings is 1. The molecule has 52 heavy (non-hydrogen) atoms. The highest BCUT2D eigenvalue weighted by molar-refractivity contribution is 6.26. The van der Waals surface area contributed by atoms with E-state index in [1.807, 2.05) is 72.8 Å². The average molecular weight is 672 g/mol. The zero-order chi connectivity index (χ0) is 40.0. The van der Waals surface area contributed by atoms with Crippen LogP contribution in [-0.2, 0) is 0 Å². The zero-order valence-electron chi connectivity index (χ0n) is 34.3. The van der Waals surface area contributed by atoms with Gasteiger partial charge in [0.25, 0.3) is 0 Å². The SMILES string of the molecule is [2H]c1nc([2H])c2c3c([2H])c([2H])c([2H])c([2H])c3n(-c3ccc4c(c3)c3c(ccc5c6ccccc6n(-c6ccccc6)c53)n4-c3ccc4oc5ccccc5c4c3)c2c1[2H]. The third-order valence-corrected chi connectivity index (χ3v) is 10.4. The molecule has 12 aromatic rings. The fraction of sp³-hybridized carbons (Fsp3) is 0. The molecular formula is C47H28N4O. The van der Waals surface area contributed by atoms with Gasteiger partial charge >= 0.3 is 0 Å². The van der Waals surface area contributed by atoms with Crippen LogP contribution >= 0.6 is 0 Å². The van der Waals surface area contributed by atoms with Gasteiger partial charge in [-0.15, -0.1) is 0 Å². The first-order valence-corrected chi connectivity index (χ1v) is 17.1. The van der Waals surface area contributed by atoms with Gasteiger partial charge < -0.3 is 18.1 Å². The Kier molecular flexibility index (Phi) is 4.30. The van der Waals surface area contributed by atoms with Gasteiger partial charge in [-0.25, -0.2) is 0 Å². The van der Waals surface area contributed by atoms with Gasteiger partial charge in [0.2, 0.25) is 0 Å². The lowest BCUT2D eigenvalue weighted by atomic mass is 10.1. The number of furan rings is 1. The predicted octanol–water partition coefficient (Wildman–Crippen LogP) is 12.3. The number of hydrogen-bond acceptors (Lipinski definition) is 2. The summed E-state index contributed by atoms with van der Waals surface area (Å²) in [7, 11) is 0. The molecule has 0 spiro atoms. The fourth-order valence-electron chi connectivity index (χ4n) is 8.31. The van der Waals surface area contributed by atoms with Crippen molar-refractivity contribution < 1.29 is 14.0 Å².